The summed E-state index contributed by atoms with van der Waals surface area (Å²) in [6, 6.07) is 15.0. The number of anilines is 1. The van der Waals surface area contributed by atoms with Crippen molar-refractivity contribution in [1.82, 2.24) is 0 Å². The molecule has 0 aliphatic heterocycles. The van der Waals surface area contributed by atoms with Gasteiger partial charge in [0.1, 0.15) is 0 Å². The van der Waals surface area contributed by atoms with Crippen LogP contribution in [0, 0.1) is 0 Å². The molecule has 1 heteroatoms. The van der Waals surface area contributed by atoms with E-state index in [0.717, 1.165) is 6.54 Å². The number of hydrogen-bond acceptors (Lipinski definition) is 1. The first kappa shape index (κ1) is 12.0. The molecule has 0 heterocycles. The van der Waals surface area contributed by atoms with Crippen molar-refractivity contribution in [1.29, 1.82) is 0 Å². The third kappa shape index (κ3) is 3.48. The van der Waals surface area contributed by atoms with Gasteiger partial charge < -0.3 is 5.32 Å². The molecule has 90 valence electrons. The van der Waals surface area contributed by atoms with Crippen molar-refractivity contribution in [2.24, 2.45) is 0 Å². The van der Waals surface area contributed by atoms with E-state index in [0.29, 0.717) is 0 Å². The number of unbranched alkanes of at least 4 members (excludes halogenated alkanes) is 3. The van der Waals surface area contributed by atoms with Crippen LogP contribution in [0.2, 0.25) is 0 Å². The molecule has 0 unspecified atom stereocenters. The van der Waals surface area contributed by atoms with Gasteiger partial charge in [-0.1, -0.05) is 56.5 Å². The van der Waals surface area contributed by atoms with Crippen LogP contribution in [0.5, 0.6) is 0 Å². The van der Waals surface area contributed by atoms with Crippen molar-refractivity contribution < 1.29 is 0 Å². The van der Waals surface area contributed by atoms with Gasteiger partial charge in [-0.15, -0.1) is 0 Å². The lowest BCUT2D eigenvalue weighted by atomic mass is 10.2. The summed E-state index contributed by atoms with van der Waals surface area (Å²) in [6.45, 7) is 3.33. The third-order valence-corrected chi connectivity index (χ3v) is 3.09. The van der Waals surface area contributed by atoms with Crippen LogP contribution in [0.4, 0.5) is 5.69 Å². The molecule has 2 rings (SSSR count). The first-order valence-electron chi connectivity index (χ1n) is 6.63. The molecule has 0 saturated carbocycles. The lowest BCUT2D eigenvalue weighted by Crippen LogP contribution is -1.99. The maximum atomic E-state index is 3.50. The highest BCUT2D eigenvalue weighted by atomic mass is 14.9. The molecule has 0 amide bonds. The van der Waals surface area contributed by atoms with Crippen LogP contribution < -0.4 is 5.32 Å². The van der Waals surface area contributed by atoms with Crippen LogP contribution in [0.15, 0.2) is 42.5 Å². The van der Waals surface area contributed by atoms with Crippen molar-refractivity contribution in [3.8, 4) is 11.1 Å². The van der Waals surface area contributed by atoms with Gasteiger partial charge in [-0.25, -0.2) is 0 Å². The first-order chi connectivity index (χ1) is 8.40. The van der Waals surface area contributed by atoms with E-state index in [1.165, 1.54) is 42.5 Å². The number of hydrogen-bond donors (Lipinski definition) is 1. The van der Waals surface area contributed by atoms with Gasteiger partial charge in [0.05, 0.1) is 0 Å². The molecule has 0 spiro atoms. The van der Waals surface area contributed by atoms with Crippen LogP contribution in [-0.4, -0.2) is 6.54 Å². The van der Waals surface area contributed by atoms with E-state index in [2.05, 4.69) is 54.7 Å². The smallest absolute Gasteiger partial charge is 0.0352 e. The monoisotopic (exact) mass is 227 g/mol. The van der Waals surface area contributed by atoms with Crippen molar-refractivity contribution in [3.05, 3.63) is 42.5 Å². The second-order valence-corrected chi connectivity index (χ2v) is 4.55. The molecule has 0 aromatic carbocycles. The van der Waals surface area contributed by atoms with Crippen LogP contribution in [0.3, 0.4) is 0 Å². The lowest BCUT2D eigenvalue weighted by molar-refractivity contribution is 0.685. The van der Waals surface area contributed by atoms with Crippen molar-refractivity contribution in [3.63, 3.8) is 0 Å². The fourth-order valence-electron chi connectivity index (χ4n) is 2.10. The third-order valence-electron chi connectivity index (χ3n) is 3.09. The molecule has 1 nitrogen and oxygen atoms in total. The molecule has 17 heavy (non-hydrogen) atoms. The Morgan fingerprint density at radius 1 is 0.882 bits per heavy atom. The predicted molar refractivity (Wildman–Crippen MR) is 75.7 cm³/mol. The zero-order valence-corrected chi connectivity index (χ0v) is 10.6. The fourth-order valence-corrected chi connectivity index (χ4v) is 2.10. The van der Waals surface area contributed by atoms with Gasteiger partial charge >= 0.3 is 0 Å². The number of fused-ring (bicyclic) bond motifs is 1. The van der Waals surface area contributed by atoms with Crippen molar-refractivity contribution in [2.45, 2.75) is 32.6 Å². The minimum atomic E-state index is 1.09. The van der Waals surface area contributed by atoms with Crippen molar-refractivity contribution in [2.75, 3.05) is 11.9 Å². The maximum absolute atomic E-state index is 3.50. The average Bonchev–Trinajstić information content (AvgIpc) is 2.59. The molecular formula is C16H21N. The lowest BCUT2D eigenvalue weighted by Gasteiger charge is -2.02. The molecule has 0 atom stereocenters. The highest BCUT2D eigenvalue weighted by molar-refractivity contribution is 5.74. The molecule has 0 radical (unpaired) electrons. The van der Waals surface area contributed by atoms with E-state index in [1.807, 2.05) is 0 Å². The Hall–Kier alpha value is -1.50. The summed E-state index contributed by atoms with van der Waals surface area (Å²) in [4.78, 5) is 0. The second kappa shape index (κ2) is 6.29. The molecule has 1 N–H and O–H groups in total. The van der Waals surface area contributed by atoms with Crippen LogP contribution >= 0.6 is 0 Å². The number of rotatable bonds is 6. The molecule has 0 fully saturated rings. The van der Waals surface area contributed by atoms with Crippen LogP contribution in [0.25, 0.3) is 11.1 Å². The van der Waals surface area contributed by atoms with E-state index in [9.17, 15) is 0 Å². The minimum Gasteiger partial charge on any atom is -0.385 e. The zero-order chi connectivity index (χ0) is 11.9. The normalized spacial score (nSPS) is 10.6. The molecule has 0 bridgehead atoms. The molecular weight excluding hydrogens is 206 g/mol. The highest BCUT2D eigenvalue weighted by Crippen LogP contribution is 2.27. The van der Waals surface area contributed by atoms with Gasteiger partial charge in [-0.3, -0.25) is 0 Å². The second-order valence-electron chi connectivity index (χ2n) is 4.55. The van der Waals surface area contributed by atoms with Gasteiger partial charge in [-0.05, 0) is 29.7 Å². The summed E-state index contributed by atoms with van der Waals surface area (Å²) < 4.78 is 0. The quantitative estimate of drug-likeness (QED) is 0.700. The Labute approximate surface area is 104 Å². The first-order valence-corrected chi connectivity index (χ1v) is 6.63. The summed E-state index contributed by atoms with van der Waals surface area (Å²) >= 11 is 0. The largest absolute Gasteiger partial charge is 0.385 e. The Balaban J connectivity index is 1.90. The number of nitrogens with one attached hydrogen (secondary N) is 1. The predicted octanol–water partition coefficient (Wildman–Crippen LogP) is 4.78. The molecule has 0 aromatic heterocycles. The molecule has 2 aliphatic rings. The standard InChI is InChI=1S/C16H21N/c1-2-3-4-8-11-17-16-12-14-9-6-5-7-10-15(14)13-16/h5-7,9-10,12-13,17H,2-4,8,11H2,1H3. The van der Waals surface area contributed by atoms with E-state index in [-0.39, 0.29) is 0 Å². The molecule has 0 aromatic rings. The van der Waals surface area contributed by atoms with Gasteiger partial charge in [0.15, 0.2) is 0 Å². The fraction of sp³-hybridized carbons (Fsp3) is 0.375. The molecule has 2 aliphatic carbocycles. The highest BCUT2D eigenvalue weighted by Gasteiger charge is 2.03. The average molecular weight is 227 g/mol. The summed E-state index contributed by atoms with van der Waals surface area (Å²) in [5.41, 5.74) is 3.87. The van der Waals surface area contributed by atoms with E-state index >= 15 is 0 Å². The summed E-state index contributed by atoms with van der Waals surface area (Å²) in [5.74, 6) is 0. The zero-order valence-electron chi connectivity index (χ0n) is 10.6. The molecule has 0 saturated heterocycles. The van der Waals surface area contributed by atoms with Crippen LogP contribution in [-0.2, 0) is 0 Å². The van der Waals surface area contributed by atoms with E-state index in [1.54, 1.807) is 0 Å². The Kier molecular flexibility index (Phi) is 4.43. The van der Waals surface area contributed by atoms with E-state index < -0.39 is 0 Å². The SMILES string of the molecule is CCCCCCNc1cc2cccccc-2c1. The summed E-state index contributed by atoms with van der Waals surface area (Å²) in [5, 5.41) is 3.50. The van der Waals surface area contributed by atoms with Gasteiger partial charge in [0.25, 0.3) is 0 Å². The maximum Gasteiger partial charge on any atom is 0.0352 e. The Morgan fingerprint density at radius 2 is 1.59 bits per heavy atom. The summed E-state index contributed by atoms with van der Waals surface area (Å²) in [7, 11) is 0. The summed E-state index contributed by atoms with van der Waals surface area (Å²) in [6.07, 6.45) is 5.25. The van der Waals surface area contributed by atoms with Crippen molar-refractivity contribution >= 4 is 5.69 Å². The minimum absolute atomic E-state index is 1.09. The van der Waals surface area contributed by atoms with Gasteiger partial charge in [0.2, 0.25) is 0 Å². The Morgan fingerprint density at radius 3 is 2.24 bits per heavy atom. The van der Waals surface area contributed by atoms with E-state index in [4.69, 9.17) is 0 Å². The van der Waals surface area contributed by atoms with Gasteiger partial charge in [0, 0.05) is 12.2 Å². The topological polar surface area (TPSA) is 12.0 Å². The van der Waals surface area contributed by atoms with Gasteiger partial charge in [-0.2, -0.15) is 0 Å². The Bertz CT molecular complexity index is 391. The van der Waals surface area contributed by atoms with Crippen LogP contribution in [0.1, 0.15) is 32.6 Å².